The molecule has 0 radical (unpaired) electrons. The molecule has 1 aromatic rings. The van der Waals surface area contributed by atoms with Gasteiger partial charge in [-0.25, -0.2) is 0 Å². The van der Waals surface area contributed by atoms with E-state index >= 15 is 0 Å². The topological polar surface area (TPSA) is 21.6 Å². The van der Waals surface area contributed by atoms with Crippen LogP contribution in [0.4, 0.5) is 0 Å². The van der Waals surface area contributed by atoms with Crippen molar-refractivity contribution in [3.8, 4) is 0 Å². The third-order valence-electron chi connectivity index (χ3n) is 2.22. The number of aryl methyl sites for hydroxylation is 1. The lowest BCUT2D eigenvalue weighted by atomic mass is 10.1. The predicted octanol–water partition coefficient (Wildman–Crippen LogP) is 3.42. The normalized spacial score (nSPS) is 12.8. The van der Waals surface area contributed by atoms with Gasteiger partial charge in [0.1, 0.15) is 11.5 Å². The van der Waals surface area contributed by atoms with Crippen molar-refractivity contribution in [1.82, 2.24) is 0 Å². The summed E-state index contributed by atoms with van der Waals surface area (Å²) in [7, 11) is 1.66. The maximum atomic E-state index is 5.22. The lowest BCUT2D eigenvalue weighted by Crippen LogP contribution is -1.89. The number of methoxy groups -OCH3 is 1. The molecule has 1 aromatic carbocycles. The molecular weight excluding hydrogens is 186 g/mol. The van der Waals surface area contributed by atoms with Crippen molar-refractivity contribution in [3.63, 3.8) is 0 Å². The monoisotopic (exact) mass is 203 g/mol. The van der Waals surface area contributed by atoms with Crippen LogP contribution < -0.4 is 0 Å². The second-order valence-electron chi connectivity index (χ2n) is 3.36. The number of ether oxygens (including phenoxy) is 1. The van der Waals surface area contributed by atoms with E-state index in [2.05, 4.69) is 36.2 Å². The van der Waals surface area contributed by atoms with Crippen LogP contribution in [0.3, 0.4) is 0 Å². The molecule has 0 heterocycles. The van der Waals surface area contributed by atoms with E-state index in [-0.39, 0.29) is 0 Å². The average Bonchev–Trinajstić information content (AvgIpc) is 2.26. The molecule has 2 nitrogen and oxygen atoms in total. The summed E-state index contributed by atoms with van der Waals surface area (Å²) < 4.78 is 5.22. The predicted molar refractivity (Wildman–Crippen MR) is 64.9 cm³/mol. The third-order valence-corrected chi connectivity index (χ3v) is 2.22. The van der Waals surface area contributed by atoms with Gasteiger partial charge in [-0.05, 0) is 20.8 Å². The molecule has 0 aliphatic rings. The van der Waals surface area contributed by atoms with Crippen molar-refractivity contribution in [2.24, 2.45) is 4.99 Å². The maximum absolute atomic E-state index is 5.22. The second-order valence-corrected chi connectivity index (χ2v) is 3.36. The van der Waals surface area contributed by atoms with Gasteiger partial charge in [-0.2, -0.15) is 0 Å². The summed E-state index contributed by atoms with van der Waals surface area (Å²) in [4.78, 5) is 4.32. The molecule has 2 heteroatoms. The van der Waals surface area contributed by atoms with Crippen LogP contribution in [-0.2, 0) is 4.74 Å². The molecule has 0 bridgehead atoms. The number of hydrogen-bond acceptors (Lipinski definition) is 2. The van der Waals surface area contributed by atoms with Crippen LogP contribution in [0.2, 0.25) is 0 Å². The van der Waals surface area contributed by atoms with Crippen LogP contribution >= 0.6 is 0 Å². The molecule has 0 aromatic heterocycles. The van der Waals surface area contributed by atoms with Gasteiger partial charge in [0.25, 0.3) is 0 Å². The Hall–Kier alpha value is -1.57. The smallest absolute Gasteiger partial charge is 0.119 e. The van der Waals surface area contributed by atoms with Crippen molar-refractivity contribution >= 4 is 11.9 Å². The van der Waals surface area contributed by atoms with Crippen molar-refractivity contribution in [3.05, 3.63) is 41.2 Å². The molecule has 0 amide bonds. The highest BCUT2D eigenvalue weighted by molar-refractivity contribution is 5.73. The molecule has 15 heavy (non-hydrogen) atoms. The summed E-state index contributed by atoms with van der Waals surface area (Å²) in [5, 5.41) is 0. The van der Waals surface area contributed by atoms with Crippen LogP contribution in [0.1, 0.15) is 25.0 Å². The van der Waals surface area contributed by atoms with Gasteiger partial charge in [-0.1, -0.05) is 29.8 Å². The summed E-state index contributed by atoms with van der Waals surface area (Å²) in [6.45, 7) is 5.89. The van der Waals surface area contributed by atoms with Gasteiger partial charge in [0.15, 0.2) is 0 Å². The zero-order valence-electron chi connectivity index (χ0n) is 9.74. The molecule has 0 spiro atoms. The summed E-state index contributed by atoms with van der Waals surface area (Å²) in [6, 6.07) is 8.26. The Morgan fingerprint density at radius 3 is 2.33 bits per heavy atom. The Morgan fingerprint density at radius 2 is 1.87 bits per heavy atom. The van der Waals surface area contributed by atoms with Crippen molar-refractivity contribution in [2.45, 2.75) is 20.8 Å². The molecule has 0 atom stereocenters. The van der Waals surface area contributed by atoms with E-state index in [0.29, 0.717) is 0 Å². The molecule has 0 aliphatic heterocycles. The Kier molecular flexibility index (Phi) is 4.10. The minimum absolute atomic E-state index is 0.831. The summed E-state index contributed by atoms with van der Waals surface area (Å²) in [5.41, 5.74) is 3.21. The number of allylic oxidation sites excluding steroid dienone is 1. The summed E-state index contributed by atoms with van der Waals surface area (Å²) >= 11 is 0. The molecule has 1 rings (SSSR count). The third kappa shape index (κ3) is 2.94. The Balaban J connectivity index is 3.16. The van der Waals surface area contributed by atoms with Gasteiger partial charge < -0.3 is 4.74 Å². The zero-order valence-corrected chi connectivity index (χ0v) is 9.74. The Labute approximate surface area is 91.3 Å². The summed E-state index contributed by atoms with van der Waals surface area (Å²) in [6.07, 6.45) is 1.78. The molecule has 0 saturated carbocycles. The zero-order chi connectivity index (χ0) is 11.3. The molecule has 0 N–H and O–H groups in total. The van der Waals surface area contributed by atoms with Crippen LogP contribution in [-0.4, -0.2) is 13.3 Å². The van der Waals surface area contributed by atoms with Crippen molar-refractivity contribution in [2.75, 3.05) is 7.11 Å². The molecule has 0 fully saturated rings. The fourth-order valence-corrected chi connectivity index (χ4v) is 1.31. The lowest BCUT2D eigenvalue weighted by Gasteiger charge is -2.07. The Bertz CT molecular complexity index is 374. The van der Waals surface area contributed by atoms with E-state index in [0.717, 1.165) is 17.0 Å². The van der Waals surface area contributed by atoms with Crippen molar-refractivity contribution < 1.29 is 4.74 Å². The van der Waals surface area contributed by atoms with Gasteiger partial charge >= 0.3 is 0 Å². The van der Waals surface area contributed by atoms with Gasteiger partial charge in [0.2, 0.25) is 0 Å². The van der Waals surface area contributed by atoms with E-state index < -0.39 is 0 Å². The molecular formula is C13H17NO. The first kappa shape index (κ1) is 11.5. The van der Waals surface area contributed by atoms with E-state index in [1.54, 1.807) is 13.3 Å². The first-order valence-electron chi connectivity index (χ1n) is 4.99. The van der Waals surface area contributed by atoms with Gasteiger partial charge in [0, 0.05) is 11.8 Å². The summed E-state index contributed by atoms with van der Waals surface area (Å²) in [5.74, 6) is 0.831. The standard InChI is InChI=1S/C13H17NO/c1-5-14-13(11(3)15-4)12-8-6-10(2)7-9-12/h5-9H,1-4H3. The van der Waals surface area contributed by atoms with Crippen LogP contribution in [0.5, 0.6) is 0 Å². The van der Waals surface area contributed by atoms with Gasteiger partial charge in [-0.3, -0.25) is 4.99 Å². The van der Waals surface area contributed by atoms with E-state index in [9.17, 15) is 0 Å². The quantitative estimate of drug-likeness (QED) is 0.545. The first-order valence-corrected chi connectivity index (χ1v) is 4.99. The van der Waals surface area contributed by atoms with Crippen molar-refractivity contribution in [1.29, 1.82) is 0 Å². The number of benzene rings is 1. The van der Waals surface area contributed by atoms with Crippen LogP contribution in [0.15, 0.2) is 35.0 Å². The van der Waals surface area contributed by atoms with Crippen LogP contribution in [0, 0.1) is 6.92 Å². The number of aliphatic imine (C=N–C) groups is 1. The lowest BCUT2D eigenvalue weighted by molar-refractivity contribution is 0.295. The highest BCUT2D eigenvalue weighted by Gasteiger charge is 2.03. The number of nitrogens with zero attached hydrogens (tertiary/aromatic N) is 1. The Morgan fingerprint density at radius 1 is 1.27 bits per heavy atom. The SMILES string of the molecule is CC=NC(=C(C)OC)c1ccc(C)cc1. The molecule has 0 unspecified atom stereocenters. The minimum Gasteiger partial charge on any atom is -0.499 e. The van der Waals surface area contributed by atoms with E-state index in [1.165, 1.54) is 5.56 Å². The number of rotatable bonds is 3. The first-order chi connectivity index (χ1) is 7.19. The van der Waals surface area contributed by atoms with Gasteiger partial charge in [0.05, 0.1) is 7.11 Å². The molecule has 0 saturated heterocycles. The van der Waals surface area contributed by atoms with E-state index in [1.807, 2.05) is 13.8 Å². The molecule has 0 aliphatic carbocycles. The fraction of sp³-hybridized carbons (Fsp3) is 0.308. The number of hydrogen-bond donors (Lipinski definition) is 0. The van der Waals surface area contributed by atoms with E-state index in [4.69, 9.17) is 4.74 Å². The second kappa shape index (κ2) is 5.35. The largest absolute Gasteiger partial charge is 0.499 e. The highest BCUT2D eigenvalue weighted by Crippen LogP contribution is 2.20. The fourth-order valence-electron chi connectivity index (χ4n) is 1.31. The maximum Gasteiger partial charge on any atom is 0.119 e. The van der Waals surface area contributed by atoms with Crippen LogP contribution in [0.25, 0.3) is 5.70 Å². The minimum atomic E-state index is 0.831. The highest BCUT2D eigenvalue weighted by atomic mass is 16.5. The molecule has 80 valence electrons. The van der Waals surface area contributed by atoms with Gasteiger partial charge in [-0.15, -0.1) is 0 Å². The average molecular weight is 203 g/mol.